The van der Waals surface area contributed by atoms with Crippen LogP contribution in [-0.4, -0.2) is 64.8 Å². The third-order valence-electron chi connectivity index (χ3n) is 7.23. The van der Waals surface area contributed by atoms with Crippen LogP contribution in [0.4, 0.5) is 11.4 Å². The van der Waals surface area contributed by atoms with Crippen molar-refractivity contribution in [1.82, 2.24) is 10.6 Å². The Morgan fingerprint density at radius 2 is 1.88 bits per heavy atom. The number of hydrogen-bond acceptors (Lipinski definition) is 8. The first-order valence-corrected chi connectivity index (χ1v) is 16.2. The van der Waals surface area contributed by atoms with E-state index in [1.54, 1.807) is 29.6 Å². The van der Waals surface area contributed by atoms with E-state index in [2.05, 4.69) is 16.0 Å². The average molecular weight is 654 g/mol. The Bertz CT molecular complexity index is 1350. The summed E-state index contributed by atoms with van der Waals surface area (Å²) in [7, 11) is -1.35. The van der Waals surface area contributed by atoms with Gasteiger partial charge in [-0.1, -0.05) is 41.9 Å². The normalized spacial score (nSPS) is 16.4. The summed E-state index contributed by atoms with van der Waals surface area (Å²) in [6.45, 7) is 3.82. The first-order chi connectivity index (χ1) is 20.2. The molecule has 0 bridgehead atoms. The molecule has 43 heavy (non-hydrogen) atoms. The average Bonchev–Trinajstić information content (AvgIpc) is 2.97. The summed E-state index contributed by atoms with van der Waals surface area (Å²) in [5.41, 5.74) is 3.43. The molecule has 1 aliphatic rings. The molecule has 1 fully saturated rings. The highest BCUT2D eigenvalue weighted by Gasteiger charge is 2.29. The second-order valence-electron chi connectivity index (χ2n) is 10.4. The molecule has 0 unspecified atom stereocenters. The van der Waals surface area contributed by atoms with Crippen LogP contribution in [0.25, 0.3) is 0 Å². The number of aliphatic hydroxyl groups excluding tert-OH is 1. The Morgan fingerprint density at radius 1 is 1.09 bits per heavy atom. The van der Waals surface area contributed by atoms with Gasteiger partial charge in [-0.3, -0.25) is 18.2 Å². The Labute approximate surface area is 266 Å². The lowest BCUT2D eigenvalue weighted by Crippen LogP contribution is -2.48. The highest BCUT2D eigenvalue weighted by molar-refractivity contribution is 8.25. The van der Waals surface area contributed by atoms with Crippen LogP contribution in [0.15, 0.2) is 66.7 Å². The molecule has 0 aromatic heterocycles. The Kier molecular flexibility index (Phi) is 13.3. The zero-order chi connectivity index (χ0) is 30.1. The van der Waals surface area contributed by atoms with Gasteiger partial charge in [0.2, 0.25) is 0 Å². The number of hydrogen-bond donors (Lipinski definition) is 6. The highest BCUT2D eigenvalue weighted by Crippen LogP contribution is 2.50. The van der Waals surface area contributed by atoms with Crippen molar-refractivity contribution in [2.75, 3.05) is 42.1 Å². The standard InChI is InChI=1S/C31H41ClN4O5S.ClH/c1-3-34-25-16-24(17-26(19-25)36-13-6-7-14-42(36,39)40)31(38)35-29(18-23-10-4-5-12-28(23)32)30(37)21-33-20-22-9-8-11-27(15-22)41-2;/h4-5,8-12,15-17,19,29-30,33-34,37,39-40H,3,6-7,13-14,18,20-21H2,1-2H3,(H,35,38);1H/t29-,30-;/m0./s1. The zero-order valence-electron chi connectivity index (χ0n) is 24.5. The van der Waals surface area contributed by atoms with Crippen LogP contribution < -0.4 is 25.0 Å². The number of nitrogens with zero attached hydrogens (tertiary/aromatic N) is 1. The fraction of sp³-hybridized carbons (Fsp3) is 0.387. The number of rotatable bonds is 13. The summed E-state index contributed by atoms with van der Waals surface area (Å²) in [5.74, 6) is 0.673. The molecule has 2 atom stereocenters. The van der Waals surface area contributed by atoms with Crippen molar-refractivity contribution in [2.24, 2.45) is 0 Å². The van der Waals surface area contributed by atoms with Gasteiger partial charge >= 0.3 is 0 Å². The van der Waals surface area contributed by atoms with Gasteiger partial charge in [0.25, 0.3) is 5.91 Å². The van der Waals surface area contributed by atoms with E-state index in [0.717, 1.165) is 29.7 Å². The molecule has 1 saturated heterocycles. The number of nitrogens with one attached hydrogen (secondary N) is 3. The molecule has 9 nitrogen and oxygen atoms in total. The number of halogens is 2. The van der Waals surface area contributed by atoms with Crippen LogP contribution in [0.5, 0.6) is 5.75 Å². The molecule has 3 aromatic carbocycles. The smallest absolute Gasteiger partial charge is 0.251 e. The molecule has 1 amide bonds. The fourth-order valence-electron chi connectivity index (χ4n) is 5.02. The number of benzene rings is 3. The summed E-state index contributed by atoms with van der Waals surface area (Å²) >= 11 is 6.45. The molecular weight excluding hydrogens is 611 g/mol. The first-order valence-electron chi connectivity index (χ1n) is 14.2. The molecular formula is C31H42Cl2N4O5S. The number of aliphatic hydroxyl groups is 1. The van der Waals surface area contributed by atoms with E-state index in [0.29, 0.717) is 53.8 Å². The molecule has 0 aliphatic carbocycles. The Morgan fingerprint density at radius 3 is 2.60 bits per heavy atom. The highest BCUT2D eigenvalue weighted by atomic mass is 35.5. The lowest BCUT2D eigenvalue weighted by molar-refractivity contribution is 0.0830. The van der Waals surface area contributed by atoms with Crippen molar-refractivity contribution in [2.45, 2.75) is 44.9 Å². The number of ether oxygens (including phenoxy) is 1. The summed E-state index contributed by atoms with van der Waals surface area (Å²) in [6.07, 6.45) is 0.964. The molecule has 3 aromatic rings. The van der Waals surface area contributed by atoms with Crippen LogP contribution >= 0.6 is 34.8 Å². The van der Waals surface area contributed by atoms with E-state index >= 15 is 0 Å². The lowest BCUT2D eigenvalue weighted by Gasteiger charge is -2.47. The van der Waals surface area contributed by atoms with Gasteiger partial charge < -0.3 is 25.8 Å². The van der Waals surface area contributed by atoms with Gasteiger partial charge in [0.15, 0.2) is 0 Å². The van der Waals surface area contributed by atoms with Gasteiger partial charge in [0.1, 0.15) is 5.75 Å². The first kappa shape index (κ1) is 34.8. The third kappa shape index (κ3) is 9.64. The van der Waals surface area contributed by atoms with Crippen LogP contribution in [-0.2, 0) is 13.0 Å². The molecule has 1 aliphatic heterocycles. The lowest BCUT2D eigenvalue weighted by atomic mass is 10.00. The summed E-state index contributed by atoms with van der Waals surface area (Å²) < 4.78 is 28.3. The van der Waals surface area contributed by atoms with Crippen molar-refractivity contribution in [1.29, 1.82) is 0 Å². The molecule has 236 valence electrons. The maximum atomic E-state index is 13.7. The summed E-state index contributed by atoms with van der Waals surface area (Å²) in [6, 6.07) is 19.6. The second-order valence-corrected chi connectivity index (χ2v) is 12.9. The molecule has 0 radical (unpaired) electrons. The van der Waals surface area contributed by atoms with E-state index in [1.807, 2.05) is 55.5 Å². The number of anilines is 2. The number of carbonyl (C=O) groups excluding carboxylic acids is 1. The van der Waals surface area contributed by atoms with E-state index in [-0.39, 0.29) is 24.9 Å². The molecule has 4 rings (SSSR count). The van der Waals surface area contributed by atoms with Gasteiger partial charge in [-0.25, -0.2) is 0 Å². The van der Waals surface area contributed by atoms with Crippen LogP contribution in [0.2, 0.25) is 5.02 Å². The van der Waals surface area contributed by atoms with Crippen molar-refractivity contribution in [3.8, 4) is 5.75 Å². The Hall–Kier alpha value is -2.70. The minimum absolute atomic E-state index is 0. The van der Waals surface area contributed by atoms with Gasteiger partial charge in [-0.2, -0.15) is 0 Å². The van der Waals surface area contributed by atoms with Crippen LogP contribution in [0.1, 0.15) is 41.3 Å². The zero-order valence-corrected chi connectivity index (χ0v) is 26.9. The summed E-state index contributed by atoms with van der Waals surface area (Å²) in [5, 5.41) is 21.4. The van der Waals surface area contributed by atoms with Crippen molar-refractivity contribution >= 4 is 52.1 Å². The van der Waals surface area contributed by atoms with Crippen molar-refractivity contribution in [3.05, 3.63) is 88.4 Å². The quantitative estimate of drug-likeness (QED) is 0.134. The molecule has 1 heterocycles. The molecule has 0 saturated carbocycles. The maximum Gasteiger partial charge on any atom is 0.251 e. The van der Waals surface area contributed by atoms with Crippen LogP contribution in [0, 0.1) is 0 Å². The third-order valence-corrected chi connectivity index (χ3v) is 9.53. The maximum absolute atomic E-state index is 13.7. The van der Waals surface area contributed by atoms with E-state index < -0.39 is 22.9 Å². The predicted molar refractivity (Wildman–Crippen MR) is 179 cm³/mol. The van der Waals surface area contributed by atoms with Crippen molar-refractivity contribution in [3.63, 3.8) is 0 Å². The van der Waals surface area contributed by atoms with Gasteiger partial charge in [-0.15, -0.1) is 23.2 Å². The minimum Gasteiger partial charge on any atom is -0.497 e. The number of methoxy groups -OCH3 is 1. The largest absolute Gasteiger partial charge is 0.497 e. The van der Waals surface area contributed by atoms with Gasteiger partial charge in [-0.05, 0) is 73.7 Å². The topological polar surface area (TPSA) is 126 Å². The summed E-state index contributed by atoms with van der Waals surface area (Å²) in [4.78, 5) is 13.7. The minimum atomic E-state index is -2.97. The van der Waals surface area contributed by atoms with Crippen LogP contribution in [0.3, 0.4) is 0 Å². The predicted octanol–water partition coefficient (Wildman–Crippen LogP) is 5.96. The van der Waals surface area contributed by atoms with Gasteiger partial charge in [0, 0.05) is 42.5 Å². The SMILES string of the molecule is CCNc1cc(C(=O)N[C@@H](Cc2ccccc2Cl)[C@@H](O)CNCc2cccc(OC)c2)cc(N2CCCCS2(O)O)c1.Cl. The van der Waals surface area contributed by atoms with E-state index in [9.17, 15) is 19.0 Å². The van der Waals surface area contributed by atoms with E-state index in [1.165, 1.54) is 0 Å². The molecule has 12 heteroatoms. The fourth-order valence-corrected chi connectivity index (χ4v) is 6.91. The number of carbonyl (C=O) groups is 1. The van der Waals surface area contributed by atoms with Gasteiger partial charge in [0.05, 0.1) is 30.7 Å². The molecule has 0 spiro atoms. The second kappa shape index (κ2) is 16.4. The number of amides is 1. The van der Waals surface area contributed by atoms with Crippen molar-refractivity contribution < 1.29 is 23.7 Å². The Balaban J connectivity index is 0.00000506. The monoisotopic (exact) mass is 652 g/mol. The van der Waals surface area contributed by atoms with E-state index in [4.69, 9.17) is 16.3 Å². The molecule has 6 N–H and O–H groups in total.